The van der Waals surface area contributed by atoms with Crippen LogP contribution >= 0.6 is 8.17 Å². The monoisotopic (exact) mass is 656 g/mol. The molecule has 1 aliphatic carbocycles. The molecule has 1 aliphatic heterocycles. The van der Waals surface area contributed by atoms with Crippen LogP contribution in [0, 0.1) is 0 Å². The van der Waals surface area contributed by atoms with Gasteiger partial charge < -0.3 is 34.7 Å². The molecular weight excluding hydrogens is 622 g/mol. The van der Waals surface area contributed by atoms with E-state index in [1.165, 1.54) is 31.9 Å². The van der Waals surface area contributed by atoms with E-state index in [0.29, 0.717) is 5.39 Å². The molecule has 3 N–H and O–H groups in total. The summed E-state index contributed by atoms with van der Waals surface area (Å²) in [7, 11) is -1.33. The van der Waals surface area contributed by atoms with E-state index in [9.17, 15) is 14.8 Å². The van der Waals surface area contributed by atoms with Crippen molar-refractivity contribution in [1.82, 2.24) is 19.5 Å². The van der Waals surface area contributed by atoms with E-state index in [1.807, 2.05) is 12.1 Å². The zero-order valence-electron chi connectivity index (χ0n) is 25.4. The van der Waals surface area contributed by atoms with Gasteiger partial charge in [0, 0.05) is 5.39 Å². The van der Waals surface area contributed by atoms with Gasteiger partial charge >= 0.3 is 14.1 Å². The lowest BCUT2D eigenvalue weighted by Crippen LogP contribution is -2.42. The Morgan fingerprint density at radius 3 is 2.80 bits per heavy atom. The molecule has 2 fully saturated rings. The molecule has 0 radical (unpaired) electrons. The molecule has 244 valence electrons. The third-order valence-electron chi connectivity index (χ3n) is 8.15. The molecule has 2 aromatic heterocycles. The van der Waals surface area contributed by atoms with Crippen molar-refractivity contribution in [2.75, 3.05) is 19.5 Å². The first-order chi connectivity index (χ1) is 22.1. The molecule has 3 heterocycles. The Kier molecular flexibility index (Phi) is 8.92. The molecule has 1 saturated heterocycles. The van der Waals surface area contributed by atoms with Gasteiger partial charge in [-0.25, -0.2) is 14.2 Å². The predicted molar refractivity (Wildman–Crippen MR) is 163 cm³/mol. The molecule has 6 rings (SSSR count). The van der Waals surface area contributed by atoms with Crippen molar-refractivity contribution in [3.05, 3.63) is 42.7 Å². The number of nitrogens with two attached hydrogens (primary N) is 1. The normalized spacial score (nSPS) is 24.4. The number of anilines is 1. The van der Waals surface area contributed by atoms with Crippen molar-refractivity contribution >= 4 is 42.0 Å². The topological polar surface area (TPSA) is 188 Å². The van der Waals surface area contributed by atoms with Gasteiger partial charge in [-0.1, -0.05) is 35.1 Å². The summed E-state index contributed by atoms with van der Waals surface area (Å²) in [5.41, 5.74) is 4.23. The number of aliphatic hydroxyl groups is 1. The van der Waals surface area contributed by atoms with E-state index in [4.69, 9.17) is 29.2 Å². The van der Waals surface area contributed by atoms with Crippen LogP contribution in [-0.4, -0.2) is 74.3 Å². The first kappa shape index (κ1) is 31.8. The molecule has 14 nitrogen and oxygen atoms in total. The molecule has 2 aromatic carbocycles. The second-order valence-corrected chi connectivity index (χ2v) is 12.3. The van der Waals surface area contributed by atoms with Crippen LogP contribution in [0.4, 0.5) is 10.3 Å². The zero-order chi connectivity index (χ0) is 32.6. The number of carbonyl (C=O) groups is 1. The Morgan fingerprint density at radius 1 is 1.28 bits per heavy atom. The van der Waals surface area contributed by atoms with Crippen molar-refractivity contribution in [2.45, 2.75) is 75.8 Å². The maximum atomic E-state index is 15.8. The maximum absolute atomic E-state index is 15.8. The number of benzene rings is 2. The summed E-state index contributed by atoms with van der Waals surface area (Å²) in [6.45, 7) is 2.44. The number of nitrogen functional groups attached to an aromatic ring is 1. The third-order valence-corrected chi connectivity index (χ3v) is 9.02. The lowest BCUT2D eigenvalue weighted by molar-refractivity contribution is -0.170. The van der Waals surface area contributed by atoms with Crippen LogP contribution in [0.2, 0.25) is 0 Å². The van der Waals surface area contributed by atoms with Crippen molar-refractivity contribution in [3.63, 3.8) is 0 Å². The Bertz CT molecular complexity index is 1780. The van der Waals surface area contributed by atoms with Crippen molar-refractivity contribution in [3.8, 4) is 17.4 Å². The molecule has 16 heteroatoms. The highest BCUT2D eigenvalue weighted by molar-refractivity contribution is 7.34. The molecule has 0 amide bonds. The van der Waals surface area contributed by atoms with Gasteiger partial charge in [-0.05, 0) is 51.0 Å². The average Bonchev–Trinajstić information content (AvgIpc) is 3.75. The quantitative estimate of drug-likeness (QED) is 0.186. The van der Waals surface area contributed by atoms with Gasteiger partial charge in [0.15, 0.2) is 35.4 Å². The fraction of sp³-hybridized carbons (Fsp3) is 0.467. The lowest BCUT2D eigenvalue weighted by Gasteiger charge is -2.26. The largest absolute Gasteiger partial charge is 0.575 e. The van der Waals surface area contributed by atoms with Gasteiger partial charge in [0.1, 0.15) is 24.4 Å². The van der Waals surface area contributed by atoms with Crippen LogP contribution in [0.3, 0.4) is 0 Å². The van der Waals surface area contributed by atoms with Gasteiger partial charge in [-0.2, -0.15) is 9.97 Å². The van der Waals surface area contributed by atoms with Crippen LogP contribution in [0.5, 0.6) is 17.4 Å². The number of fused-ring (bicyclic) bond motifs is 2. The molecule has 46 heavy (non-hydrogen) atoms. The van der Waals surface area contributed by atoms with E-state index in [1.54, 1.807) is 24.3 Å². The minimum atomic E-state index is -2.73. The van der Waals surface area contributed by atoms with Gasteiger partial charge in [-0.3, -0.25) is 9.09 Å². The number of hydrogen-bond donors (Lipinski definition) is 2. The zero-order valence-corrected chi connectivity index (χ0v) is 26.3. The van der Waals surface area contributed by atoms with Crippen LogP contribution in [0.15, 0.2) is 47.5 Å². The fourth-order valence-electron chi connectivity index (χ4n) is 5.74. The number of esters is 1. The van der Waals surface area contributed by atoms with Crippen molar-refractivity contribution in [1.29, 1.82) is 0 Å². The van der Waals surface area contributed by atoms with Gasteiger partial charge in [0.05, 0.1) is 13.4 Å². The molecule has 0 bridgehead atoms. The Morgan fingerprint density at radius 2 is 2.04 bits per heavy atom. The average molecular weight is 657 g/mol. The lowest BCUT2D eigenvalue weighted by atomic mass is 9.98. The number of hydrogen-bond acceptors (Lipinski definition) is 13. The molecule has 2 unspecified atom stereocenters. The highest BCUT2D eigenvalue weighted by Crippen LogP contribution is 2.44. The van der Waals surface area contributed by atoms with Gasteiger partial charge in [0.25, 0.3) is 0 Å². The van der Waals surface area contributed by atoms with Crippen molar-refractivity contribution < 1.29 is 42.7 Å². The highest BCUT2D eigenvalue weighted by Gasteiger charge is 2.55. The summed E-state index contributed by atoms with van der Waals surface area (Å²) in [6.07, 6.45) is 0.365. The number of rotatable bonds is 10. The van der Waals surface area contributed by atoms with Crippen molar-refractivity contribution in [2.24, 2.45) is 4.74 Å². The predicted octanol–water partition coefficient (Wildman–Crippen LogP) is 3.74. The Labute approximate surface area is 264 Å². The summed E-state index contributed by atoms with van der Waals surface area (Å²) in [5.74, 6) is -0.328. The second-order valence-electron chi connectivity index (χ2n) is 11.5. The number of nitrogens with zero attached hydrogens (tertiary/aromatic N) is 5. The van der Waals surface area contributed by atoms with E-state index in [2.05, 4.69) is 19.7 Å². The standard InChI is InChI=1S/C30H34FN6O8P/c1-16(27(38)43-18-9-5-6-10-18)36-46(40)45-23-19-11-7-4-8-17(19)12-13-20(23)42-14-21-24(31)30(2,39)28(44-21)37-15-33-22-25(37)34-29(32)35-26(22)41-3/h4,7-8,11-13,15-16,18,21,24,28,39H,5-6,9-10,14H2,1-3H3,(H2,32,34,35)/t16-,21+,24+,28?,30+/m0/s1. The molecule has 1 saturated carbocycles. The third kappa shape index (κ3) is 6.15. The van der Waals surface area contributed by atoms with E-state index in [0.717, 1.165) is 31.1 Å². The van der Waals surface area contributed by atoms with E-state index < -0.39 is 44.3 Å². The van der Waals surface area contributed by atoms with Crippen LogP contribution in [0.1, 0.15) is 45.8 Å². The number of alkyl halides is 1. The van der Waals surface area contributed by atoms with E-state index in [-0.39, 0.29) is 47.2 Å². The minimum Gasteiger partial charge on any atom is -0.575 e. The smallest absolute Gasteiger partial charge is 0.395 e. The molecule has 2 aliphatic rings. The first-order valence-corrected chi connectivity index (χ1v) is 16.0. The molecular formula is C30H34FN6O8P. The number of imidazole rings is 1. The first-order valence-electron chi connectivity index (χ1n) is 14.8. The van der Waals surface area contributed by atoms with E-state index >= 15 is 4.39 Å². The summed E-state index contributed by atoms with van der Waals surface area (Å²) in [6, 6.07) is 9.51. The van der Waals surface area contributed by atoms with Crippen LogP contribution in [0.25, 0.3) is 21.9 Å². The summed E-state index contributed by atoms with van der Waals surface area (Å²) in [5, 5.41) is 12.5. The summed E-state index contributed by atoms with van der Waals surface area (Å²) < 4.78 is 49.6. The number of methoxy groups -OCH3 is 1. The SMILES string of the molecule is COc1nc(N)nc2c1ncn2C1O[C@H](COc2ccc3ccccc3c2O[P+]([O-])=N[C@@H](C)C(=O)OC2CCCC2)[C@@H](F)[C@@]1(C)O. The van der Waals surface area contributed by atoms with Crippen LogP contribution < -0.4 is 24.6 Å². The Balaban J connectivity index is 1.22. The minimum absolute atomic E-state index is 0.0934. The molecule has 0 spiro atoms. The highest BCUT2D eigenvalue weighted by atomic mass is 31.1. The van der Waals surface area contributed by atoms with Gasteiger partial charge in [-0.15, -0.1) is 0 Å². The van der Waals surface area contributed by atoms with Crippen LogP contribution in [-0.2, 0) is 14.3 Å². The fourth-order valence-corrected chi connectivity index (χ4v) is 6.51. The number of carbonyl (C=O) groups excluding carboxylic acids is 1. The van der Waals surface area contributed by atoms with Gasteiger partial charge in [0.2, 0.25) is 17.6 Å². The Hall–Kier alpha value is -4.17. The maximum Gasteiger partial charge on any atom is 0.395 e. The number of halogens is 1. The number of ether oxygens (including phenoxy) is 4. The molecule has 4 aromatic rings. The molecule has 6 atom stereocenters. The summed E-state index contributed by atoms with van der Waals surface area (Å²) in [4.78, 5) is 38.0. The summed E-state index contributed by atoms with van der Waals surface area (Å²) >= 11 is 0. The second kappa shape index (κ2) is 12.9. The number of aromatic nitrogens is 4.